The highest BCUT2D eigenvalue weighted by molar-refractivity contribution is 5.93. The Hall–Kier alpha value is -1.57. The second-order valence-corrected chi connectivity index (χ2v) is 3.60. The second-order valence-electron chi connectivity index (χ2n) is 3.60. The van der Waals surface area contributed by atoms with Crippen molar-refractivity contribution >= 4 is 11.9 Å². The van der Waals surface area contributed by atoms with Gasteiger partial charge in [-0.3, -0.25) is 9.59 Å². The first-order valence-electron chi connectivity index (χ1n) is 5.43. The van der Waals surface area contributed by atoms with E-state index >= 15 is 0 Å². The first kappa shape index (κ1) is 17.4. The average molecular weight is 283 g/mol. The Kier molecular flexibility index (Phi) is 7.81. The summed E-state index contributed by atoms with van der Waals surface area (Å²) in [5, 5.41) is 2.33. The number of hydrogen-bond donors (Lipinski definition) is 1. The Labute approximate surface area is 108 Å². The van der Waals surface area contributed by atoms with E-state index in [-0.39, 0.29) is 31.6 Å². The first-order valence-corrected chi connectivity index (χ1v) is 5.43. The van der Waals surface area contributed by atoms with E-state index in [1.54, 1.807) is 0 Å². The topological polar surface area (TPSA) is 64.6 Å². The van der Waals surface area contributed by atoms with Crippen LogP contribution in [0.4, 0.5) is 13.2 Å². The summed E-state index contributed by atoms with van der Waals surface area (Å²) in [5.74, 6) is -0.998. The number of halogens is 3. The molecule has 0 radical (unpaired) electrons. The van der Waals surface area contributed by atoms with Crippen LogP contribution in [0.25, 0.3) is 0 Å². The van der Waals surface area contributed by atoms with Crippen molar-refractivity contribution in [3.8, 4) is 0 Å². The van der Waals surface area contributed by atoms with Gasteiger partial charge in [0.1, 0.15) is 6.61 Å². The number of hydrogen-bond acceptors (Lipinski definition) is 4. The molecule has 1 amide bonds. The van der Waals surface area contributed by atoms with Gasteiger partial charge in [0.05, 0.1) is 13.7 Å². The monoisotopic (exact) mass is 283 g/mol. The largest absolute Gasteiger partial charge is 0.469 e. The quantitative estimate of drug-likeness (QED) is 0.413. The number of rotatable bonds is 8. The molecule has 0 unspecified atom stereocenters. The van der Waals surface area contributed by atoms with Gasteiger partial charge in [0, 0.05) is 18.5 Å². The average Bonchev–Trinajstić information content (AvgIpc) is 2.33. The van der Waals surface area contributed by atoms with E-state index in [9.17, 15) is 22.8 Å². The van der Waals surface area contributed by atoms with Gasteiger partial charge in [-0.15, -0.1) is 0 Å². The smallest absolute Gasteiger partial charge is 0.411 e. The van der Waals surface area contributed by atoms with E-state index in [0.29, 0.717) is 0 Å². The van der Waals surface area contributed by atoms with Crippen molar-refractivity contribution in [3.05, 3.63) is 12.2 Å². The molecule has 0 saturated carbocycles. The number of carbonyl (C=O) groups excluding carboxylic acids is 2. The minimum Gasteiger partial charge on any atom is -0.469 e. The maximum atomic E-state index is 11.7. The highest BCUT2D eigenvalue weighted by atomic mass is 19.4. The molecule has 8 heteroatoms. The highest BCUT2D eigenvalue weighted by Gasteiger charge is 2.27. The van der Waals surface area contributed by atoms with Crippen molar-refractivity contribution in [1.82, 2.24) is 5.32 Å². The molecule has 1 N–H and O–H groups in total. The van der Waals surface area contributed by atoms with Crippen LogP contribution in [0.2, 0.25) is 0 Å². The zero-order chi connectivity index (χ0) is 14.9. The number of methoxy groups -OCH3 is 1. The lowest BCUT2D eigenvalue weighted by Crippen LogP contribution is -2.29. The Morgan fingerprint density at radius 1 is 1.26 bits per heavy atom. The molecule has 0 aliphatic rings. The van der Waals surface area contributed by atoms with Gasteiger partial charge in [0.15, 0.2) is 0 Å². The third kappa shape index (κ3) is 10.1. The van der Waals surface area contributed by atoms with Gasteiger partial charge in [-0.05, 0) is 6.42 Å². The van der Waals surface area contributed by atoms with Crippen molar-refractivity contribution in [3.63, 3.8) is 0 Å². The fourth-order valence-corrected chi connectivity index (χ4v) is 1.02. The van der Waals surface area contributed by atoms with E-state index in [4.69, 9.17) is 0 Å². The minimum atomic E-state index is -4.38. The van der Waals surface area contributed by atoms with E-state index in [1.807, 2.05) is 0 Å². The van der Waals surface area contributed by atoms with Crippen LogP contribution in [0.3, 0.4) is 0 Å². The molecule has 0 aromatic carbocycles. The number of ether oxygens (including phenoxy) is 2. The van der Waals surface area contributed by atoms with Crippen LogP contribution in [0, 0.1) is 0 Å². The minimum absolute atomic E-state index is 0.0212. The van der Waals surface area contributed by atoms with Crippen molar-refractivity contribution in [2.75, 3.05) is 26.9 Å². The predicted octanol–water partition coefficient (Wildman–Crippen LogP) is 1.19. The zero-order valence-corrected chi connectivity index (χ0v) is 10.5. The molecule has 0 saturated heterocycles. The summed E-state index contributed by atoms with van der Waals surface area (Å²) in [6.45, 7) is 1.79. The number of carbonyl (C=O) groups is 2. The summed E-state index contributed by atoms with van der Waals surface area (Å²) in [6, 6.07) is 0. The van der Waals surface area contributed by atoms with Crippen LogP contribution in [0.15, 0.2) is 12.2 Å². The van der Waals surface area contributed by atoms with Gasteiger partial charge in [-0.1, -0.05) is 6.58 Å². The molecule has 0 aliphatic carbocycles. The zero-order valence-electron chi connectivity index (χ0n) is 10.5. The molecular formula is C11H16F3NO4. The third-order valence-corrected chi connectivity index (χ3v) is 1.98. The van der Waals surface area contributed by atoms with Crippen LogP contribution in [-0.2, 0) is 19.1 Å². The Bertz CT molecular complexity index is 328. The van der Waals surface area contributed by atoms with Crippen molar-refractivity contribution in [1.29, 1.82) is 0 Å². The Balaban J connectivity index is 3.68. The fourth-order valence-electron chi connectivity index (χ4n) is 1.02. The maximum absolute atomic E-state index is 11.7. The molecule has 110 valence electrons. The van der Waals surface area contributed by atoms with E-state index in [2.05, 4.69) is 21.4 Å². The van der Waals surface area contributed by atoms with Crippen molar-refractivity contribution in [2.45, 2.75) is 19.0 Å². The van der Waals surface area contributed by atoms with E-state index < -0.39 is 24.7 Å². The molecule has 0 spiro atoms. The fraction of sp³-hybridized carbons (Fsp3) is 0.636. The Morgan fingerprint density at radius 2 is 1.89 bits per heavy atom. The van der Waals surface area contributed by atoms with Crippen LogP contribution in [0.1, 0.15) is 12.8 Å². The van der Waals surface area contributed by atoms with Gasteiger partial charge in [-0.2, -0.15) is 13.2 Å². The van der Waals surface area contributed by atoms with E-state index in [1.165, 1.54) is 7.11 Å². The standard InChI is InChI=1S/C11H16F3NO4/c1-8(3-4-9(16)18-2)10(17)15-5-6-19-7-11(12,13)14/h1,3-7H2,2H3,(H,15,17). The predicted molar refractivity (Wildman–Crippen MR) is 60.3 cm³/mol. The summed E-state index contributed by atoms with van der Waals surface area (Å²) in [6.07, 6.45) is -4.23. The highest BCUT2D eigenvalue weighted by Crippen LogP contribution is 2.13. The molecule has 0 atom stereocenters. The summed E-state index contributed by atoms with van der Waals surface area (Å²) in [4.78, 5) is 22.2. The van der Waals surface area contributed by atoms with Crippen LogP contribution < -0.4 is 5.32 Å². The third-order valence-electron chi connectivity index (χ3n) is 1.98. The van der Waals surface area contributed by atoms with E-state index in [0.717, 1.165) is 0 Å². The summed E-state index contributed by atoms with van der Waals surface area (Å²) < 4.78 is 43.8. The molecular weight excluding hydrogens is 267 g/mol. The molecule has 0 bridgehead atoms. The normalized spacial score (nSPS) is 10.9. The van der Waals surface area contributed by atoms with Gasteiger partial charge >= 0.3 is 12.1 Å². The molecule has 0 rings (SSSR count). The SMILES string of the molecule is C=C(CCC(=O)OC)C(=O)NCCOCC(F)(F)F. The molecule has 5 nitrogen and oxygen atoms in total. The van der Waals surface area contributed by atoms with Gasteiger partial charge in [-0.25, -0.2) is 0 Å². The molecule has 0 heterocycles. The van der Waals surface area contributed by atoms with Crippen LogP contribution >= 0.6 is 0 Å². The second kappa shape index (κ2) is 8.52. The van der Waals surface area contributed by atoms with Crippen molar-refractivity contribution < 1.29 is 32.2 Å². The lowest BCUT2D eigenvalue weighted by atomic mass is 10.1. The molecule has 0 aromatic rings. The molecule has 0 aliphatic heterocycles. The summed E-state index contributed by atoms with van der Waals surface area (Å²) in [5.41, 5.74) is 0.154. The number of alkyl halides is 3. The van der Waals surface area contributed by atoms with Crippen LogP contribution in [0.5, 0.6) is 0 Å². The van der Waals surface area contributed by atoms with Gasteiger partial charge < -0.3 is 14.8 Å². The summed E-state index contributed by atoms with van der Waals surface area (Å²) >= 11 is 0. The maximum Gasteiger partial charge on any atom is 0.411 e. The lowest BCUT2D eigenvalue weighted by molar-refractivity contribution is -0.173. The number of amides is 1. The number of esters is 1. The summed E-state index contributed by atoms with van der Waals surface area (Å²) in [7, 11) is 1.23. The molecule has 0 aromatic heterocycles. The van der Waals surface area contributed by atoms with Crippen LogP contribution in [-0.4, -0.2) is 44.9 Å². The molecule has 19 heavy (non-hydrogen) atoms. The van der Waals surface area contributed by atoms with Gasteiger partial charge in [0.25, 0.3) is 0 Å². The lowest BCUT2D eigenvalue weighted by Gasteiger charge is -2.09. The number of nitrogens with one attached hydrogen (secondary N) is 1. The van der Waals surface area contributed by atoms with Crippen molar-refractivity contribution in [2.24, 2.45) is 0 Å². The molecule has 0 fully saturated rings. The first-order chi connectivity index (χ1) is 8.76. The Morgan fingerprint density at radius 3 is 2.42 bits per heavy atom. The van der Waals surface area contributed by atoms with Gasteiger partial charge in [0.2, 0.25) is 5.91 Å².